The zero-order chi connectivity index (χ0) is 14.6. The molecule has 0 aliphatic heterocycles. The molecule has 0 bridgehead atoms. The molecule has 0 radical (unpaired) electrons. The molecule has 0 amide bonds. The fraction of sp³-hybridized carbons (Fsp3) is 0.600. The average molecular weight is 361 g/mol. The summed E-state index contributed by atoms with van der Waals surface area (Å²) in [4.78, 5) is -0.186. The maximum absolute atomic E-state index is 12.0. The second-order valence-electron chi connectivity index (χ2n) is 4.13. The molecule has 1 aromatic heterocycles. The minimum Gasteiger partial charge on any atom is -0.452 e. The van der Waals surface area contributed by atoms with E-state index in [1.54, 1.807) is 4.72 Å². The molecule has 0 fully saturated rings. The van der Waals surface area contributed by atoms with Gasteiger partial charge in [-0.05, 0) is 15.9 Å². The van der Waals surface area contributed by atoms with Gasteiger partial charge in [0, 0.05) is 12.1 Å². The highest BCUT2D eigenvalue weighted by atomic mass is 79.9. The van der Waals surface area contributed by atoms with Crippen molar-refractivity contribution >= 4 is 26.0 Å². The number of rotatable bonds is 7. The lowest BCUT2D eigenvalue weighted by Gasteiger charge is -2.04. The van der Waals surface area contributed by atoms with E-state index in [-0.39, 0.29) is 15.6 Å². The highest BCUT2D eigenvalue weighted by molar-refractivity contribution is 9.10. The summed E-state index contributed by atoms with van der Waals surface area (Å²) in [6.07, 6.45) is -2.75. The van der Waals surface area contributed by atoms with Crippen LogP contribution >= 0.6 is 15.9 Å². The zero-order valence-electron chi connectivity index (χ0n) is 10.4. The van der Waals surface area contributed by atoms with Crippen LogP contribution in [0.25, 0.3) is 0 Å². The smallest absolute Gasteiger partial charge is 0.251 e. The maximum atomic E-state index is 12.0. The standard InChI is InChI=1S/C10H15BrF2N2O3S/c1-6(2)14-4-7-3-8(10(11)18-7)19(16,17)15-5-9(12)13/h3,6,9,14-15H,4-5H2,1-2H3. The normalized spacial score (nSPS) is 12.6. The van der Waals surface area contributed by atoms with Crippen molar-refractivity contribution in [3.05, 3.63) is 16.5 Å². The van der Waals surface area contributed by atoms with Gasteiger partial charge in [0.2, 0.25) is 10.0 Å². The Labute approximate surface area is 118 Å². The van der Waals surface area contributed by atoms with E-state index in [4.69, 9.17) is 4.42 Å². The third-order valence-electron chi connectivity index (χ3n) is 2.11. The lowest BCUT2D eigenvalue weighted by molar-refractivity contribution is 0.153. The fourth-order valence-corrected chi connectivity index (χ4v) is 3.23. The molecule has 1 heterocycles. The van der Waals surface area contributed by atoms with Crippen molar-refractivity contribution < 1.29 is 21.6 Å². The van der Waals surface area contributed by atoms with E-state index in [0.29, 0.717) is 12.3 Å². The van der Waals surface area contributed by atoms with Crippen LogP contribution in [0.1, 0.15) is 19.6 Å². The number of alkyl halides is 2. The topological polar surface area (TPSA) is 71.3 Å². The summed E-state index contributed by atoms with van der Waals surface area (Å²) in [6.45, 7) is 3.28. The number of halogens is 3. The Morgan fingerprint density at radius 2 is 2.05 bits per heavy atom. The number of furan rings is 1. The molecule has 0 aromatic carbocycles. The molecule has 0 saturated heterocycles. The van der Waals surface area contributed by atoms with Crippen molar-refractivity contribution in [1.82, 2.24) is 10.0 Å². The van der Waals surface area contributed by atoms with Gasteiger partial charge in [-0.15, -0.1) is 0 Å². The van der Waals surface area contributed by atoms with Gasteiger partial charge in [0.15, 0.2) is 4.67 Å². The van der Waals surface area contributed by atoms with E-state index in [9.17, 15) is 17.2 Å². The molecule has 5 nitrogen and oxygen atoms in total. The molecular formula is C10H15BrF2N2O3S. The van der Waals surface area contributed by atoms with E-state index in [1.807, 2.05) is 13.8 Å². The van der Waals surface area contributed by atoms with Gasteiger partial charge in [-0.25, -0.2) is 21.9 Å². The van der Waals surface area contributed by atoms with Crippen LogP contribution in [-0.4, -0.2) is 27.4 Å². The molecule has 0 atom stereocenters. The summed E-state index contributed by atoms with van der Waals surface area (Å²) in [7, 11) is -4.00. The molecule has 0 aliphatic carbocycles. The molecular weight excluding hydrogens is 346 g/mol. The number of nitrogens with one attached hydrogen (secondary N) is 2. The first-order valence-corrected chi connectivity index (χ1v) is 7.79. The van der Waals surface area contributed by atoms with Gasteiger partial charge < -0.3 is 9.73 Å². The van der Waals surface area contributed by atoms with Crippen molar-refractivity contribution in [2.75, 3.05) is 6.54 Å². The minimum atomic E-state index is -4.00. The lowest BCUT2D eigenvalue weighted by atomic mass is 10.3. The zero-order valence-corrected chi connectivity index (χ0v) is 12.8. The molecule has 19 heavy (non-hydrogen) atoms. The quantitative estimate of drug-likeness (QED) is 0.780. The fourth-order valence-electron chi connectivity index (χ4n) is 1.22. The van der Waals surface area contributed by atoms with Crippen LogP contribution in [0.3, 0.4) is 0 Å². The van der Waals surface area contributed by atoms with E-state index in [2.05, 4.69) is 21.2 Å². The van der Waals surface area contributed by atoms with Gasteiger partial charge in [0.25, 0.3) is 6.43 Å². The number of hydrogen-bond donors (Lipinski definition) is 2. The maximum Gasteiger partial charge on any atom is 0.251 e. The first kappa shape index (κ1) is 16.5. The average Bonchev–Trinajstić information content (AvgIpc) is 2.66. The number of hydrogen-bond acceptors (Lipinski definition) is 4. The summed E-state index contributed by atoms with van der Waals surface area (Å²) in [6, 6.07) is 1.51. The van der Waals surface area contributed by atoms with E-state index >= 15 is 0 Å². The molecule has 9 heteroatoms. The van der Waals surface area contributed by atoms with Crippen LogP contribution in [-0.2, 0) is 16.6 Å². The first-order chi connectivity index (χ1) is 8.72. The molecule has 1 aromatic rings. The van der Waals surface area contributed by atoms with E-state index in [1.165, 1.54) is 6.07 Å². The van der Waals surface area contributed by atoms with Gasteiger partial charge in [-0.1, -0.05) is 13.8 Å². The summed E-state index contributed by atoms with van der Waals surface area (Å²) in [5, 5.41) is 3.05. The Kier molecular flexibility index (Phi) is 5.90. The number of sulfonamides is 1. The van der Waals surface area contributed by atoms with Gasteiger partial charge in [0.05, 0.1) is 13.1 Å². The van der Waals surface area contributed by atoms with Gasteiger partial charge >= 0.3 is 0 Å². The van der Waals surface area contributed by atoms with Crippen molar-refractivity contribution in [2.24, 2.45) is 0 Å². The van der Waals surface area contributed by atoms with E-state index in [0.717, 1.165) is 0 Å². The van der Waals surface area contributed by atoms with Crippen LogP contribution in [0.2, 0.25) is 0 Å². The second kappa shape index (κ2) is 6.78. The molecule has 110 valence electrons. The SMILES string of the molecule is CC(C)NCc1cc(S(=O)(=O)NCC(F)F)c(Br)o1. The van der Waals surface area contributed by atoms with Crippen molar-refractivity contribution in [3.63, 3.8) is 0 Å². The van der Waals surface area contributed by atoms with Crippen LogP contribution < -0.4 is 10.0 Å². The van der Waals surface area contributed by atoms with Crippen LogP contribution in [0.15, 0.2) is 20.0 Å². The van der Waals surface area contributed by atoms with Crippen LogP contribution in [0.4, 0.5) is 8.78 Å². The van der Waals surface area contributed by atoms with Crippen molar-refractivity contribution in [1.29, 1.82) is 0 Å². The first-order valence-electron chi connectivity index (χ1n) is 5.51. The Hall–Kier alpha value is -0.510. The summed E-state index contributed by atoms with van der Waals surface area (Å²) < 4.78 is 54.6. The molecule has 2 N–H and O–H groups in total. The summed E-state index contributed by atoms with van der Waals surface area (Å²) >= 11 is 2.97. The highest BCUT2D eigenvalue weighted by Crippen LogP contribution is 2.26. The van der Waals surface area contributed by atoms with Crippen LogP contribution in [0, 0.1) is 0 Å². The van der Waals surface area contributed by atoms with Crippen molar-refractivity contribution in [2.45, 2.75) is 37.8 Å². The molecule has 0 unspecified atom stereocenters. The second-order valence-corrected chi connectivity index (χ2v) is 6.58. The van der Waals surface area contributed by atoms with Gasteiger partial charge in [-0.2, -0.15) is 0 Å². The van der Waals surface area contributed by atoms with Gasteiger partial charge in [-0.3, -0.25) is 0 Å². The Balaban J connectivity index is 2.83. The Morgan fingerprint density at radius 3 is 2.58 bits per heavy atom. The summed E-state index contributed by atoms with van der Waals surface area (Å²) in [5.74, 6) is 0.401. The predicted molar refractivity (Wildman–Crippen MR) is 69.6 cm³/mol. The van der Waals surface area contributed by atoms with Crippen molar-refractivity contribution in [3.8, 4) is 0 Å². The highest BCUT2D eigenvalue weighted by Gasteiger charge is 2.23. The summed E-state index contributed by atoms with van der Waals surface area (Å²) in [5.41, 5.74) is 0. The van der Waals surface area contributed by atoms with Crippen LogP contribution in [0.5, 0.6) is 0 Å². The third-order valence-corrected chi connectivity index (χ3v) is 4.39. The monoisotopic (exact) mass is 360 g/mol. The third kappa shape index (κ3) is 5.17. The molecule has 1 rings (SSSR count). The Morgan fingerprint density at radius 1 is 1.42 bits per heavy atom. The largest absolute Gasteiger partial charge is 0.452 e. The molecule has 0 spiro atoms. The lowest BCUT2D eigenvalue weighted by Crippen LogP contribution is -2.28. The molecule has 0 saturated carbocycles. The predicted octanol–water partition coefficient (Wildman–Crippen LogP) is 2.08. The minimum absolute atomic E-state index is 0.00479. The van der Waals surface area contributed by atoms with E-state index < -0.39 is 23.0 Å². The van der Waals surface area contributed by atoms with Gasteiger partial charge in [0.1, 0.15) is 10.7 Å². The Bertz CT molecular complexity index is 517. The molecule has 0 aliphatic rings.